The summed E-state index contributed by atoms with van der Waals surface area (Å²) in [7, 11) is -3.89. The van der Waals surface area contributed by atoms with Gasteiger partial charge in [-0.25, -0.2) is 8.42 Å². The van der Waals surface area contributed by atoms with Crippen LogP contribution in [0.15, 0.2) is 53.4 Å². The van der Waals surface area contributed by atoms with Crippen LogP contribution in [-0.4, -0.2) is 27.0 Å². The van der Waals surface area contributed by atoms with Crippen LogP contribution in [0.4, 0.5) is 0 Å². The van der Waals surface area contributed by atoms with Crippen LogP contribution in [0, 0.1) is 0 Å². The van der Waals surface area contributed by atoms with Crippen molar-refractivity contribution in [3.05, 3.63) is 54.1 Å². The lowest BCUT2D eigenvalue weighted by atomic mass is 9.87. The van der Waals surface area contributed by atoms with Gasteiger partial charge in [0.25, 0.3) is 15.9 Å². The van der Waals surface area contributed by atoms with Crippen molar-refractivity contribution < 1.29 is 22.7 Å². The smallest absolute Gasteiger partial charge is 0.275 e. The van der Waals surface area contributed by atoms with Crippen LogP contribution in [0.2, 0.25) is 0 Å². The third-order valence-corrected chi connectivity index (χ3v) is 5.42. The second-order valence-corrected chi connectivity index (χ2v) is 9.22. The minimum Gasteiger partial charge on any atom is -0.494 e. The lowest BCUT2D eigenvalue weighted by Gasteiger charge is -2.19. The average Bonchev–Trinajstić information content (AvgIpc) is 2.67. The highest BCUT2D eigenvalue weighted by Gasteiger charge is 2.20. The molecule has 0 bridgehead atoms. The van der Waals surface area contributed by atoms with E-state index in [1.54, 1.807) is 36.4 Å². The van der Waals surface area contributed by atoms with Crippen LogP contribution in [0.1, 0.15) is 40.2 Å². The predicted octanol–water partition coefficient (Wildman–Crippen LogP) is 3.16. The third kappa shape index (κ3) is 6.47. The molecule has 0 spiro atoms. The summed E-state index contributed by atoms with van der Waals surface area (Å²) in [6, 6.07) is 13.3. The number of amides is 1. The Morgan fingerprint density at radius 2 is 1.55 bits per heavy atom. The van der Waals surface area contributed by atoms with E-state index in [0.717, 1.165) is 5.56 Å². The molecule has 0 saturated heterocycles. The van der Waals surface area contributed by atoms with E-state index in [1.165, 1.54) is 19.1 Å². The number of carbonyl (C=O) groups is 1. The molecule has 2 aromatic carbocycles. The van der Waals surface area contributed by atoms with Crippen LogP contribution in [0.5, 0.6) is 11.5 Å². The summed E-state index contributed by atoms with van der Waals surface area (Å²) in [5.41, 5.74) is 3.12. The van der Waals surface area contributed by atoms with Crippen LogP contribution in [0.25, 0.3) is 0 Å². The number of hydrogen-bond acceptors (Lipinski definition) is 5. The van der Waals surface area contributed by atoms with Crippen molar-refractivity contribution in [3.8, 4) is 11.5 Å². The van der Waals surface area contributed by atoms with Crippen LogP contribution >= 0.6 is 0 Å². The second-order valence-electron chi connectivity index (χ2n) is 7.53. The SMILES string of the molecule is CCOc1ccc(O[C@@H](C)C(=O)NNS(=O)(=O)c2ccc(C(C)(C)C)cc2)cc1. The molecule has 0 aliphatic heterocycles. The number of benzene rings is 2. The number of ether oxygens (including phenoxy) is 2. The molecule has 2 rings (SSSR count). The molecule has 2 aromatic rings. The molecule has 1 atom stereocenters. The maximum Gasteiger partial charge on any atom is 0.275 e. The Labute approximate surface area is 172 Å². The first-order valence-electron chi connectivity index (χ1n) is 9.34. The average molecular weight is 421 g/mol. The molecule has 0 fully saturated rings. The number of hydrogen-bond donors (Lipinski definition) is 2. The molecule has 0 aliphatic rings. The first-order valence-corrected chi connectivity index (χ1v) is 10.8. The van der Waals surface area contributed by atoms with Gasteiger partial charge in [0.2, 0.25) is 0 Å². The summed E-state index contributed by atoms with van der Waals surface area (Å²) in [6.07, 6.45) is -0.904. The van der Waals surface area contributed by atoms with Crippen LogP contribution < -0.4 is 19.7 Å². The van der Waals surface area contributed by atoms with E-state index >= 15 is 0 Å². The number of hydrazine groups is 1. The first kappa shape index (κ1) is 22.7. The van der Waals surface area contributed by atoms with E-state index in [1.807, 2.05) is 27.7 Å². The second kappa shape index (κ2) is 9.28. The quantitative estimate of drug-likeness (QED) is 0.640. The third-order valence-electron chi connectivity index (χ3n) is 4.16. The highest BCUT2D eigenvalue weighted by molar-refractivity contribution is 7.89. The van der Waals surface area contributed by atoms with Crippen molar-refractivity contribution in [3.63, 3.8) is 0 Å². The van der Waals surface area contributed by atoms with Gasteiger partial charge in [0, 0.05) is 0 Å². The summed E-state index contributed by atoms with van der Waals surface area (Å²) < 4.78 is 35.7. The zero-order valence-corrected chi connectivity index (χ0v) is 18.2. The van der Waals surface area contributed by atoms with Crippen LogP contribution in [0.3, 0.4) is 0 Å². The number of sulfonamides is 1. The van der Waals surface area contributed by atoms with Gasteiger partial charge in [-0.05, 0) is 61.2 Å². The number of rotatable bonds is 8. The first-order chi connectivity index (χ1) is 13.5. The number of carbonyl (C=O) groups excluding carboxylic acids is 1. The fourth-order valence-electron chi connectivity index (χ4n) is 2.45. The number of nitrogens with one attached hydrogen (secondary N) is 2. The topological polar surface area (TPSA) is 93.7 Å². The molecule has 2 N–H and O–H groups in total. The maximum atomic E-state index is 12.4. The van der Waals surface area contributed by atoms with Gasteiger partial charge in [0.1, 0.15) is 11.5 Å². The minimum absolute atomic E-state index is 0.0610. The lowest BCUT2D eigenvalue weighted by Crippen LogP contribution is -2.47. The van der Waals surface area contributed by atoms with Crippen molar-refractivity contribution in [2.45, 2.75) is 51.0 Å². The van der Waals surface area contributed by atoms with Gasteiger partial charge in [-0.15, -0.1) is 4.83 Å². The molecule has 0 saturated carbocycles. The fraction of sp³-hybridized carbons (Fsp3) is 0.381. The lowest BCUT2D eigenvalue weighted by molar-refractivity contribution is -0.127. The molecule has 0 aromatic heterocycles. The fourth-order valence-corrected chi connectivity index (χ4v) is 3.30. The predicted molar refractivity (Wildman–Crippen MR) is 111 cm³/mol. The Bertz CT molecular complexity index is 917. The summed E-state index contributed by atoms with van der Waals surface area (Å²) >= 11 is 0. The van der Waals surface area contributed by atoms with Crippen molar-refractivity contribution >= 4 is 15.9 Å². The van der Waals surface area contributed by atoms with E-state index in [4.69, 9.17) is 9.47 Å². The van der Waals surface area contributed by atoms with E-state index in [-0.39, 0.29) is 10.3 Å². The zero-order valence-electron chi connectivity index (χ0n) is 17.4. The van der Waals surface area contributed by atoms with E-state index in [2.05, 4.69) is 10.3 Å². The summed E-state index contributed by atoms with van der Waals surface area (Å²) in [4.78, 5) is 14.4. The molecular weight excluding hydrogens is 392 g/mol. The van der Waals surface area contributed by atoms with Crippen LogP contribution in [-0.2, 0) is 20.2 Å². The van der Waals surface area contributed by atoms with Crippen molar-refractivity contribution in [1.82, 2.24) is 10.3 Å². The van der Waals surface area contributed by atoms with Crippen molar-refractivity contribution in [2.24, 2.45) is 0 Å². The van der Waals surface area contributed by atoms with Gasteiger partial charge in [-0.1, -0.05) is 32.9 Å². The monoisotopic (exact) mass is 420 g/mol. The molecule has 7 nitrogen and oxygen atoms in total. The largest absolute Gasteiger partial charge is 0.494 e. The zero-order chi connectivity index (χ0) is 21.7. The van der Waals surface area contributed by atoms with Gasteiger partial charge in [0.05, 0.1) is 11.5 Å². The van der Waals surface area contributed by atoms with Crippen molar-refractivity contribution in [1.29, 1.82) is 0 Å². The van der Waals surface area contributed by atoms with Gasteiger partial charge < -0.3 is 9.47 Å². The molecule has 0 aliphatic carbocycles. The normalized spacial score (nSPS) is 12.9. The Balaban J connectivity index is 1.94. The molecule has 8 heteroatoms. The molecule has 0 radical (unpaired) electrons. The Hall–Kier alpha value is -2.58. The van der Waals surface area contributed by atoms with E-state index in [9.17, 15) is 13.2 Å². The van der Waals surface area contributed by atoms with Gasteiger partial charge >= 0.3 is 0 Å². The Morgan fingerprint density at radius 3 is 2.07 bits per heavy atom. The summed E-state index contributed by atoms with van der Waals surface area (Å²) in [6.45, 7) is 10.1. The molecular formula is C21H28N2O5S. The molecule has 158 valence electrons. The van der Waals surface area contributed by atoms with Gasteiger partial charge in [-0.3, -0.25) is 10.2 Å². The van der Waals surface area contributed by atoms with Gasteiger partial charge in [0.15, 0.2) is 6.10 Å². The maximum absolute atomic E-state index is 12.4. The molecule has 0 heterocycles. The highest BCUT2D eigenvalue weighted by Crippen LogP contribution is 2.23. The van der Waals surface area contributed by atoms with E-state index < -0.39 is 22.0 Å². The summed E-state index contributed by atoms with van der Waals surface area (Å²) in [5, 5.41) is 0. The van der Waals surface area contributed by atoms with Gasteiger partial charge in [-0.2, -0.15) is 0 Å². The summed E-state index contributed by atoms with van der Waals surface area (Å²) in [5.74, 6) is 0.549. The minimum atomic E-state index is -3.89. The standard InChI is InChI=1S/C21H28N2O5S/c1-6-27-17-9-11-18(12-10-17)28-15(2)20(24)22-23-29(25,26)19-13-7-16(8-14-19)21(3,4)5/h7-15,23H,6H2,1-5H3,(H,22,24)/t15-/m0/s1. The molecule has 0 unspecified atom stereocenters. The van der Waals surface area contributed by atoms with E-state index in [0.29, 0.717) is 18.1 Å². The van der Waals surface area contributed by atoms with Crippen molar-refractivity contribution in [2.75, 3.05) is 6.61 Å². The molecule has 1 amide bonds. The molecule has 29 heavy (non-hydrogen) atoms. The highest BCUT2D eigenvalue weighted by atomic mass is 32.2. The Morgan fingerprint density at radius 1 is 1.00 bits per heavy atom. The Kier molecular flexibility index (Phi) is 7.26.